The summed E-state index contributed by atoms with van der Waals surface area (Å²) < 4.78 is 6.50. The number of allylic oxidation sites excluding steroid dienone is 4. The Morgan fingerprint density at radius 2 is 1.08 bits per heavy atom. The van der Waals surface area contributed by atoms with Gasteiger partial charge in [-0.1, -0.05) is 24.3 Å². The van der Waals surface area contributed by atoms with Crippen LogP contribution in [0.2, 0.25) is 37.3 Å². The third kappa shape index (κ3) is 2.03. The summed E-state index contributed by atoms with van der Waals surface area (Å²) in [6.45, 7) is 4.78. The van der Waals surface area contributed by atoms with E-state index in [-0.39, 0.29) is 0 Å². The molecule has 0 bridgehead atoms. The van der Waals surface area contributed by atoms with Gasteiger partial charge in [-0.05, 0) is 37.3 Å². The van der Waals surface area contributed by atoms with Gasteiger partial charge in [0, 0.05) is 0 Å². The monoisotopic (exact) mass is 210 g/mol. The molecule has 2 aliphatic heterocycles. The minimum Gasteiger partial charge on any atom is -0.454 e. The van der Waals surface area contributed by atoms with Gasteiger partial charge in [-0.15, -0.1) is 0 Å². The van der Waals surface area contributed by atoms with E-state index in [9.17, 15) is 0 Å². The molecule has 0 saturated carbocycles. The topological polar surface area (TPSA) is 9.23 Å². The molecule has 3 heteroatoms. The molecule has 72 valence electrons. The Kier molecular flexibility index (Phi) is 2.34. The van der Waals surface area contributed by atoms with Crippen molar-refractivity contribution >= 4 is 16.6 Å². The first-order valence-corrected chi connectivity index (χ1v) is 10.8. The van der Waals surface area contributed by atoms with Gasteiger partial charge in [-0.3, -0.25) is 0 Å². The van der Waals surface area contributed by atoms with Crippen LogP contribution in [0.1, 0.15) is 0 Å². The van der Waals surface area contributed by atoms with Crippen LogP contribution in [0, 0.1) is 0 Å². The van der Waals surface area contributed by atoms with Gasteiger partial charge in [-0.25, -0.2) is 0 Å². The first-order chi connectivity index (χ1) is 6.12. The van der Waals surface area contributed by atoms with Gasteiger partial charge in [-0.2, -0.15) is 0 Å². The third-order valence-electron chi connectivity index (χ3n) is 3.02. The van der Waals surface area contributed by atoms with Crippen molar-refractivity contribution in [1.29, 1.82) is 0 Å². The average molecular weight is 210 g/mol. The fourth-order valence-electron chi connectivity index (χ4n) is 2.26. The third-order valence-corrected chi connectivity index (χ3v) is 11.4. The van der Waals surface area contributed by atoms with Crippen LogP contribution in [-0.2, 0) is 4.12 Å². The molecule has 13 heavy (non-hydrogen) atoms. The zero-order valence-electron chi connectivity index (χ0n) is 8.55. The number of hydrogen-bond acceptors (Lipinski definition) is 1. The molecule has 2 rings (SSSR count). The van der Waals surface area contributed by atoms with Crippen molar-refractivity contribution < 1.29 is 4.12 Å². The molecule has 0 unspecified atom stereocenters. The van der Waals surface area contributed by atoms with Crippen LogP contribution in [0.4, 0.5) is 0 Å². The summed E-state index contributed by atoms with van der Waals surface area (Å²) in [6, 6.07) is 4.98. The molecule has 0 aromatic rings. The second-order valence-corrected chi connectivity index (χ2v) is 13.0. The lowest BCUT2D eigenvalue weighted by Gasteiger charge is -2.33. The Labute approximate surface area is 82.8 Å². The molecule has 0 atom stereocenters. The van der Waals surface area contributed by atoms with E-state index in [1.165, 1.54) is 24.2 Å². The van der Waals surface area contributed by atoms with Gasteiger partial charge in [0.2, 0.25) is 0 Å². The molecule has 2 heterocycles. The van der Waals surface area contributed by atoms with E-state index in [4.69, 9.17) is 4.12 Å². The molecule has 2 aliphatic rings. The molecule has 0 saturated heterocycles. The summed E-state index contributed by atoms with van der Waals surface area (Å²) in [5.74, 6) is 0. The lowest BCUT2D eigenvalue weighted by molar-refractivity contribution is 0.543. The van der Waals surface area contributed by atoms with Crippen LogP contribution in [0.3, 0.4) is 0 Å². The van der Waals surface area contributed by atoms with Crippen LogP contribution in [0.15, 0.2) is 24.3 Å². The molecule has 0 amide bonds. The van der Waals surface area contributed by atoms with Crippen molar-refractivity contribution in [2.24, 2.45) is 0 Å². The van der Waals surface area contributed by atoms with E-state index in [0.717, 1.165) is 0 Å². The van der Waals surface area contributed by atoms with Crippen LogP contribution in [0.25, 0.3) is 0 Å². The highest BCUT2D eigenvalue weighted by molar-refractivity contribution is 6.87. The molecule has 0 fully saturated rings. The van der Waals surface area contributed by atoms with Crippen LogP contribution < -0.4 is 0 Å². The van der Waals surface area contributed by atoms with Crippen molar-refractivity contribution in [3.63, 3.8) is 0 Å². The fourth-order valence-corrected chi connectivity index (χ4v) is 11.3. The summed E-state index contributed by atoms with van der Waals surface area (Å²) >= 11 is 0. The maximum absolute atomic E-state index is 6.50. The van der Waals surface area contributed by atoms with Crippen LogP contribution >= 0.6 is 0 Å². The molecule has 0 aromatic carbocycles. The first-order valence-electron chi connectivity index (χ1n) is 5.12. The zero-order chi connectivity index (χ0) is 9.36. The van der Waals surface area contributed by atoms with E-state index in [1.54, 1.807) is 0 Å². The Morgan fingerprint density at radius 3 is 1.38 bits per heavy atom. The lowest BCUT2D eigenvalue weighted by Crippen LogP contribution is -2.44. The van der Waals surface area contributed by atoms with Gasteiger partial charge in [0.15, 0.2) is 16.6 Å². The second-order valence-electron chi connectivity index (χ2n) is 4.76. The Morgan fingerprint density at radius 1 is 0.769 bits per heavy atom. The molecule has 0 aliphatic carbocycles. The SMILES string of the molecule is C[Si]1(O[Si]2(C)CC=CC2)CC=CC1. The predicted octanol–water partition coefficient (Wildman–Crippen LogP) is 3.29. The van der Waals surface area contributed by atoms with Crippen LogP contribution in [0.5, 0.6) is 0 Å². The maximum atomic E-state index is 6.50. The van der Waals surface area contributed by atoms with E-state index in [2.05, 4.69) is 37.4 Å². The van der Waals surface area contributed by atoms with Gasteiger partial charge < -0.3 is 4.12 Å². The van der Waals surface area contributed by atoms with Gasteiger partial charge in [0.05, 0.1) is 0 Å². The molecule has 0 radical (unpaired) electrons. The molecule has 0 aromatic heterocycles. The standard InChI is InChI=1S/C10H18OSi2/c1-12(7-3-4-8-12)11-13(2)9-5-6-10-13/h3-6H,7-10H2,1-2H3. The summed E-state index contributed by atoms with van der Waals surface area (Å²) in [5, 5.41) is 0. The van der Waals surface area contributed by atoms with Crippen LogP contribution in [-0.4, -0.2) is 16.6 Å². The highest BCUT2D eigenvalue weighted by Gasteiger charge is 2.39. The number of rotatable bonds is 2. The fraction of sp³-hybridized carbons (Fsp3) is 0.600. The molecule has 1 nitrogen and oxygen atoms in total. The smallest absolute Gasteiger partial charge is 0.184 e. The molecule has 0 N–H and O–H groups in total. The Balaban J connectivity index is 1.97. The largest absolute Gasteiger partial charge is 0.454 e. The minimum absolute atomic E-state index is 1.25. The minimum atomic E-state index is -1.31. The summed E-state index contributed by atoms with van der Waals surface area (Å²) in [6.07, 6.45) is 9.25. The molecular formula is C10H18OSi2. The molecular weight excluding hydrogens is 192 g/mol. The van der Waals surface area contributed by atoms with E-state index in [0.29, 0.717) is 0 Å². The van der Waals surface area contributed by atoms with Crippen molar-refractivity contribution in [2.75, 3.05) is 0 Å². The Hall–Kier alpha value is -0.126. The van der Waals surface area contributed by atoms with Crippen molar-refractivity contribution in [3.8, 4) is 0 Å². The van der Waals surface area contributed by atoms with Crippen molar-refractivity contribution in [3.05, 3.63) is 24.3 Å². The summed E-state index contributed by atoms with van der Waals surface area (Å²) in [7, 11) is -2.63. The first kappa shape index (κ1) is 9.43. The summed E-state index contributed by atoms with van der Waals surface area (Å²) in [5.41, 5.74) is 0. The van der Waals surface area contributed by atoms with Gasteiger partial charge >= 0.3 is 0 Å². The Bertz CT molecular complexity index is 216. The van der Waals surface area contributed by atoms with E-state index in [1.807, 2.05) is 0 Å². The highest BCUT2D eigenvalue weighted by Crippen LogP contribution is 2.34. The van der Waals surface area contributed by atoms with Crippen molar-refractivity contribution in [2.45, 2.75) is 37.3 Å². The predicted molar refractivity (Wildman–Crippen MR) is 61.8 cm³/mol. The highest BCUT2D eigenvalue weighted by atomic mass is 28.4. The maximum Gasteiger partial charge on any atom is 0.184 e. The number of hydrogen-bond donors (Lipinski definition) is 0. The normalized spacial score (nSPS) is 28.5. The van der Waals surface area contributed by atoms with E-state index < -0.39 is 16.6 Å². The molecule has 0 spiro atoms. The van der Waals surface area contributed by atoms with Crippen molar-refractivity contribution in [1.82, 2.24) is 0 Å². The zero-order valence-corrected chi connectivity index (χ0v) is 10.5. The van der Waals surface area contributed by atoms with Gasteiger partial charge in [0.1, 0.15) is 0 Å². The van der Waals surface area contributed by atoms with Gasteiger partial charge in [0.25, 0.3) is 0 Å². The average Bonchev–Trinajstić information content (AvgIpc) is 2.60. The lowest BCUT2D eigenvalue weighted by atomic mass is 10.6. The second kappa shape index (κ2) is 3.22. The quantitative estimate of drug-likeness (QED) is 0.502. The summed E-state index contributed by atoms with van der Waals surface area (Å²) in [4.78, 5) is 0. The van der Waals surface area contributed by atoms with E-state index >= 15 is 0 Å².